The average molecular weight is 295 g/mol. The third kappa shape index (κ3) is 4.68. The molecular weight excluding hydrogens is 282 g/mol. The number of rotatable bonds is 1. The Bertz CT molecular complexity index is 713. The molecule has 1 aliphatic rings. The number of carbonyl (C=O) groups is 1. The van der Waals surface area contributed by atoms with E-state index in [4.69, 9.17) is 4.84 Å². The van der Waals surface area contributed by atoms with Crippen LogP contribution in [0.3, 0.4) is 0 Å². The number of allylic oxidation sites excluding steroid dienone is 5. The lowest BCUT2D eigenvalue weighted by atomic mass is 10.1. The Morgan fingerprint density at radius 2 is 1.86 bits per heavy atom. The van der Waals surface area contributed by atoms with Crippen LogP contribution >= 0.6 is 0 Å². The fourth-order valence-electron chi connectivity index (χ4n) is 1.57. The molecule has 0 radical (unpaired) electrons. The molecule has 0 bridgehead atoms. The van der Waals surface area contributed by atoms with E-state index in [-0.39, 0.29) is 5.57 Å². The van der Waals surface area contributed by atoms with Crippen molar-refractivity contribution >= 4 is 18.3 Å². The Balaban J connectivity index is 2.40. The lowest BCUT2D eigenvalue weighted by Gasteiger charge is -2.01. The number of hydrogen-bond acceptors (Lipinski definition) is 5. The SMILES string of the molecule is O=C(O)C1=CC=CC=CC=NN=NOc2ccccc2C=C1. The van der Waals surface area contributed by atoms with Gasteiger partial charge in [-0.3, -0.25) is 0 Å². The summed E-state index contributed by atoms with van der Waals surface area (Å²) >= 11 is 0. The zero-order valence-electron chi connectivity index (χ0n) is 11.5. The molecule has 0 aromatic heterocycles. The number of benzene rings is 1. The Labute approximate surface area is 127 Å². The quantitative estimate of drug-likeness (QED) is 0.859. The standard InChI is InChI=1S/C16H13N3O3/c20-16(21)14-8-3-1-2-6-12-17-18-19-22-15-9-5-4-7-13(15)10-11-14/h1-12H,(H,20,21). The first-order valence-corrected chi connectivity index (χ1v) is 6.42. The fraction of sp³-hybridized carbons (Fsp3) is 0. The first-order chi connectivity index (χ1) is 10.8. The van der Waals surface area contributed by atoms with Crippen molar-refractivity contribution in [3.05, 3.63) is 71.9 Å². The van der Waals surface area contributed by atoms with Crippen LogP contribution in [-0.2, 0) is 4.79 Å². The van der Waals surface area contributed by atoms with E-state index in [0.29, 0.717) is 11.3 Å². The number of aliphatic carboxylic acids is 1. The maximum atomic E-state index is 11.2. The van der Waals surface area contributed by atoms with Crippen LogP contribution in [-0.4, -0.2) is 17.3 Å². The van der Waals surface area contributed by atoms with E-state index in [9.17, 15) is 9.90 Å². The number of carboxylic acid groups (broad SMARTS) is 1. The van der Waals surface area contributed by atoms with Crippen LogP contribution in [0.1, 0.15) is 5.56 Å². The van der Waals surface area contributed by atoms with Gasteiger partial charge in [-0.15, -0.1) is 5.10 Å². The lowest BCUT2D eigenvalue weighted by Crippen LogP contribution is -1.96. The smallest absolute Gasteiger partial charge is 0.335 e. The van der Waals surface area contributed by atoms with Gasteiger partial charge in [0.15, 0.2) is 5.75 Å². The average Bonchev–Trinajstić information content (AvgIpc) is 2.52. The normalized spacial score (nSPS) is 14.5. The predicted molar refractivity (Wildman–Crippen MR) is 83.5 cm³/mol. The van der Waals surface area contributed by atoms with Gasteiger partial charge in [0.25, 0.3) is 0 Å². The van der Waals surface area contributed by atoms with Gasteiger partial charge in [-0.25, -0.2) is 4.79 Å². The molecule has 1 N–H and O–H groups in total. The number of carboxylic acids is 1. The highest BCUT2D eigenvalue weighted by Crippen LogP contribution is 2.20. The van der Waals surface area contributed by atoms with Crippen molar-refractivity contribution in [1.29, 1.82) is 0 Å². The fourth-order valence-corrected chi connectivity index (χ4v) is 1.57. The van der Waals surface area contributed by atoms with E-state index >= 15 is 0 Å². The largest absolute Gasteiger partial charge is 0.478 e. The Kier molecular flexibility index (Phi) is 5.57. The monoisotopic (exact) mass is 295 g/mol. The van der Waals surface area contributed by atoms with Crippen LogP contribution < -0.4 is 4.84 Å². The summed E-state index contributed by atoms with van der Waals surface area (Å²) in [6, 6.07) is 7.06. The molecule has 0 saturated carbocycles. The van der Waals surface area contributed by atoms with Crippen LogP contribution in [0.15, 0.2) is 81.9 Å². The summed E-state index contributed by atoms with van der Waals surface area (Å²) in [5, 5.41) is 19.8. The molecule has 110 valence electrons. The van der Waals surface area contributed by atoms with Crippen molar-refractivity contribution in [1.82, 2.24) is 0 Å². The topological polar surface area (TPSA) is 83.6 Å². The van der Waals surface area contributed by atoms with Crippen molar-refractivity contribution in [3.63, 3.8) is 0 Å². The zero-order valence-corrected chi connectivity index (χ0v) is 11.5. The third-order valence-electron chi connectivity index (χ3n) is 2.60. The molecule has 0 atom stereocenters. The molecule has 22 heavy (non-hydrogen) atoms. The second-order valence-corrected chi connectivity index (χ2v) is 4.10. The van der Waals surface area contributed by atoms with Gasteiger partial charge in [-0.1, -0.05) is 42.5 Å². The molecule has 0 fully saturated rings. The zero-order chi connectivity index (χ0) is 15.6. The molecule has 1 aromatic carbocycles. The Hall–Kier alpha value is -3.28. The van der Waals surface area contributed by atoms with Crippen molar-refractivity contribution in [2.45, 2.75) is 0 Å². The minimum absolute atomic E-state index is 0.143. The van der Waals surface area contributed by atoms with Gasteiger partial charge in [0.1, 0.15) is 0 Å². The molecule has 1 heterocycles. The van der Waals surface area contributed by atoms with Crippen LogP contribution in [0.25, 0.3) is 6.08 Å². The molecule has 0 amide bonds. The summed E-state index contributed by atoms with van der Waals surface area (Å²) in [5.41, 5.74) is 0.819. The van der Waals surface area contributed by atoms with Gasteiger partial charge in [0.05, 0.1) is 17.1 Å². The number of para-hydroxylation sites is 1. The molecule has 0 spiro atoms. The van der Waals surface area contributed by atoms with Gasteiger partial charge in [0, 0.05) is 5.56 Å². The molecular formula is C16H13N3O3. The second-order valence-electron chi connectivity index (χ2n) is 4.10. The molecule has 0 aliphatic carbocycles. The first-order valence-electron chi connectivity index (χ1n) is 6.42. The summed E-state index contributed by atoms with van der Waals surface area (Å²) in [4.78, 5) is 16.4. The molecule has 6 nitrogen and oxygen atoms in total. The lowest BCUT2D eigenvalue weighted by molar-refractivity contribution is -0.132. The summed E-state index contributed by atoms with van der Waals surface area (Å²) in [6.07, 6.45) is 12.7. The summed E-state index contributed by atoms with van der Waals surface area (Å²) in [6.45, 7) is 0. The minimum Gasteiger partial charge on any atom is -0.478 e. The highest BCUT2D eigenvalue weighted by molar-refractivity contribution is 5.91. The maximum absolute atomic E-state index is 11.2. The van der Waals surface area contributed by atoms with Crippen LogP contribution in [0.2, 0.25) is 0 Å². The van der Waals surface area contributed by atoms with Gasteiger partial charge < -0.3 is 9.94 Å². The van der Waals surface area contributed by atoms with Crippen molar-refractivity contribution in [3.8, 4) is 5.75 Å². The van der Waals surface area contributed by atoms with E-state index in [2.05, 4.69) is 15.6 Å². The summed E-state index contributed by atoms with van der Waals surface area (Å²) in [7, 11) is 0. The maximum Gasteiger partial charge on any atom is 0.335 e. The van der Waals surface area contributed by atoms with Crippen LogP contribution in [0.4, 0.5) is 0 Å². The minimum atomic E-state index is -1.02. The molecule has 6 heteroatoms. The predicted octanol–water partition coefficient (Wildman–Crippen LogP) is 3.57. The molecule has 0 saturated heterocycles. The van der Waals surface area contributed by atoms with Crippen molar-refractivity contribution in [2.75, 3.05) is 0 Å². The van der Waals surface area contributed by atoms with E-state index in [0.717, 1.165) is 0 Å². The van der Waals surface area contributed by atoms with E-state index in [1.54, 1.807) is 48.6 Å². The molecule has 1 aromatic rings. The van der Waals surface area contributed by atoms with Crippen LogP contribution in [0.5, 0.6) is 5.75 Å². The Morgan fingerprint density at radius 3 is 2.73 bits per heavy atom. The number of hydrogen-bond donors (Lipinski definition) is 1. The van der Waals surface area contributed by atoms with Crippen molar-refractivity contribution < 1.29 is 14.7 Å². The van der Waals surface area contributed by atoms with Gasteiger partial charge in [-0.2, -0.15) is 0 Å². The molecule has 0 unspecified atom stereocenters. The Morgan fingerprint density at radius 1 is 1.05 bits per heavy atom. The summed E-state index contributed by atoms with van der Waals surface area (Å²) in [5.74, 6) is -0.572. The van der Waals surface area contributed by atoms with E-state index in [1.165, 1.54) is 18.4 Å². The highest BCUT2D eigenvalue weighted by atomic mass is 16.6. The first kappa shape index (κ1) is 15.1. The second kappa shape index (κ2) is 8.11. The highest BCUT2D eigenvalue weighted by Gasteiger charge is 2.04. The van der Waals surface area contributed by atoms with Gasteiger partial charge in [0.2, 0.25) is 0 Å². The van der Waals surface area contributed by atoms with E-state index < -0.39 is 5.97 Å². The van der Waals surface area contributed by atoms with Gasteiger partial charge in [-0.05, 0) is 29.5 Å². The molecule has 2 rings (SSSR count). The molecule has 1 aliphatic heterocycles. The number of fused-ring (bicyclic) bond motifs is 1. The van der Waals surface area contributed by atoms with Crippen LogP contribution in [0, 0.1) is 0 Å². The number of nitrogens with zero attached hydrogens (tertiary/aromatic N) is 3. The summed E-state index contributed by atoms with van der Waals surface area (Å²) < 4.78 is 0. The van der Waals surface area contributed by atoms with E-state index in [1.807, 2.05) is 6.07 Å². The van der Waals surface area contributed by atoms with Gasteiger partial charge >= 0.3 is 5.97 Å². The third-order valence-corrected chi connectivity index (χ3v) is 2.60. The van der Waals surface area contributed by atoms with Crippen molar-refractivity contribution in [2.24, 2.45) is 15.6 Å².